The SMILES string of the molecule is CCN(C(=O)CCc1ccc(F)cc1)C1CCS(=O)(=O)C1. The first-order valence-corrected chi connectivity index (χ1v) is 8.98. The molecule has 1 aliphatic heterocycles. The number of aryl methyl sites for hydroxylation is 1. The molecular formula is C15H20FNO3S. The Morgan fingerprint density at radius 3 is 2.52 bits per heavy atom. The maximum absolute atomic E-state index is 12.8. The van der Waals surface area contributed by atoms with Crippen molar-refractivity contribution in [2.45, 2.75) is 32.2 Å². The second-order valence-electron chi connectivity index (χ2n) is 5.36. The second kappa shape index (κ2) is 6.56. The summed E-state index contributed by atoms with van der Waals surface area (Å²) < 4.78 is 35.9. The van der Waals surface area contributed by atoms with E-state index in [0.717, 1.165) is 5.56 Å². The smallest absolute Gasteiger partial charge is 0.223 e. The number of rotatable bonds is 5. The number of halogens is 1. The molecule has 1 aliphatic rings. The van der Waals surface area contributed by atoms with Crippen molar-refractivity contribution in [1.29, 1.82) is 0 Å². The van der Waals surface area contributed by atoms with Crippen LogP contribution in [-0.2, 0) is 21.1 Å². The fourth-order valence-electron chi connectivity index (χ4n) is 2.71. The highest BCUT2D eigenvalue weighted by Gasteiger charge is 2.33. The van der Waals surface area contributed by atoms with Crippen LogP contribution in [0.2, 0.25) is 0 Å². The molecular weight excluding hydrogens is 293 g/mol. The number of benzene rings is 1. The molecule has 0 radical (unpaired) electrons. The van der Waals surface area contributed by atoms with Crippen molar-refractivity contribution in [2.24, 2.45) is 0 Å². The first kappa shape index (κ1) is 15.9. The Morgan fingerprint density at radius 1 is 1.33 bits per heavy atom. The normalized spacial score (nSPS) is 20.4. The van der Waals surface area contributed by atoms with Gasteiger partial charge in [0.05, 0.1) is 11.5 Å². The number of carbonyl (C=O) groups excluding carboxylic acids is 1. The quantitative estimate of drug-likeness (QED) is 0.833. The molecule has 1 fully saturated rings. The predicted octanol–water partition coefficient (Wildman–Crippen LogP) is 1.79. The van der Waals surface area contributed by atoms with Crippen molar-refractivity contribution in [3.63, 3.8) is 0 Å². The van der Waals surface area contributed by atoms with E-state index in [-0.39, 0.29) is 29.3 Å². The largest absolute Gasteiger partial charge is 0.339 e. The summed E-state index contributed by atoms with van der Waals surface area (Å²) >= 11 is 0. The van der Waals surface area contributed by atoms with Gasteiger partial charge >= 0.3 is 0 Å². The molecule has 0 bridgehead atoms. The molecule has 0 aromatic heterocycles. The van der Waals surface area contributed by atoms with Crippen molar-refractivity contribution < 1.29 is 17.6 Å². The maximum atomic E-state index is 12.8. The van der Waals surface area contributed by atoms with Gasteiger partial charge in [0.1, 0.15) is 5.82 Å². The molecule has 1 amide bonds. The topological polar surface area (TPSA) is 54.5 Å². The highest BCUT2D eigenvalue weighted by molar-refractivity contribution is 7.91. The van der Waals surface area contributed by atoms with E-state index in [0.29, 0.717) is 25.8 Å². The monoisotopic (exact) mass is 313 g/mol. The van der Waals surface area contributed by atoms with Crippen LogP contribution < -0.4 is 0 Å². The van der Waals surface area contributed by atoms with E-state index in [4.69, 9.17) is 0 Å². The maximum Gasteiger partial charge on any atom is 0.223 e. The van der Waals surface area contributed by atoms with Crippen molar-refractivity contribution in [3.05, 3.63) is 35.6 Å². The van der Waals surface area contributed by atoms with Crippen molar-refractivity contribution in [3.8, 4) is 0 Å². The first-order valence-electron chi connectivity index (χ1n) is 7.15. The summed E-state index contributed by atoms with van der Waals surface area (Å²) in [5.74, 6) is -0.0944. The number of sulfone groups is 1. The summed E-state index contributed by atoms with van der Waals surface area (Å²) in [5.41, 5.74) is 0.903. The van der Waals surface area contributed by atoms with Crippen LogP contribution in [-0.4, -0.2) is 43.3 Å². The Labute approximate surface area is 124 Å². The van der Waals surface area contributed by atoms with E-state index in [1.54, 1.807) is 17.0 Å². The van der Waals surface area contributed by atoms with Crippen LogP contribution in [0.1, 0.15) is 25.3 Å². The van der Waals surface area contributed by atoms with Crippen LogP contribution in [0.3, 0.4) is 0 Å². The third-order valence-electron chi connectivity index (χ3n) is 3.85. The number of amides is 1. The van der Waals surface area contributed by atoms with E-state index < -0.39 is 9.84 Å². The van der Waals surface area contributed by atoms with Crippen molar-refractivity contribution in [1.82, 2.24) is 4.90 Å². The Kier molecular flexibility index (Phi) is 4.98. The van der Waals surface area contributed by atoms with Gasteiger partial charge in [0, 0.05) is 19.0 Å². The Morgan fingerprint density at radius 2 is 2.00 bits per heavy atom. The van der Waals surface area contributed by atoms with E-state index in [2.05, 4.69) is 0 Å². The van der Waals surface area contributed by atoms with Crippen LogP contribution >= 0.6 is 0 Å². The zero-order valence-corrected chi connectivity index (χ0v) is 12.9. The van der Waals surface area contributed by atoms with E-state index in [1.165, 1.54) is 12.1 Å². The number of hydrogen-bond donors (Lipinski definition) is 0. The number of hydrogen-bond acceptors (Lipinski definition) is 3. The van der Waals surface area contributed by atoms with Crippen LogP contribution in [0.25, 0.3) is 0 Å². The van der Waals surface area contributed by atoms with Crippen LogP contribution in [0.4, 0.5) is 4.39 Å². The Bertz CT molecular complexity index is 598. The van der Waals surface area contributed by atoms with Gasteiger partial charge in [-0.2, -0.15) is 0 Å². The molecule has 1 heterocycles. The molecule has 4 nitrogen and oxygen atoms in total. The van der Waals surface area contributed by atoms with Gasteiger partial charge in [-0.05, 0) is 37.5 Å². The first-order chi connectivity index (χ1) is 9.91. The molecule has 0 spiro atoms. The zero-order valence-electron chi connectivity index (χ0n) is 12.1. The summed E-state index contributed by atoms with van der Waals surface area (Å²) in [6.45, 7) is 2.38. The minimum absolute atomic E-state index is 0.0380. The molecule has 1 unspecified atom stereocenters. The lowest BCUT2D eigenvalue weighted by atomic mass is 10.1. The van der Waals surface area contributed by atoms with Crippen LogP contribution in [0, 0.1) is 5.82 Å². The average molecular weight is 313 g/mol. The average Bonchev–Trinajstić information content (AvgIpc) is 2.79. The lowest BCUT2D eigenvalue weighted by Gasteiger charge is -2.27. The lowest BCUT2D eigenvalue weighted by Crippen LogP contribution is -2.41. The van der Waals surface area contributed by atoms with Crippen molar-refractivity contribution >= 4 is 15.7 Å². The molecule has 116 valence electrons. The summed E-state index contributed by atoms with van der Waals surface area (Å²) in [7, 11) is -2.99. The van der Waals surface area contributed by atoms with Gasteiger partial charge in [-0.25, -0.2) is 12.8 Å². The molecule has 0 aliphatic carbocycles. The molecule has 21 heavy (non-hydrogen) atoms. The summed E-state index contributed by atoms with van der Waals surface area (Å²) in [5, 5.41) is 0. The van der Waals surface area contributed by atoms with Gasteiger partial charge in [0.25, 0.3) is 0 Å². The van der Waals surface area contributed by atoms with Crippen molar-refractivity contribution in [2.75, 3.05) is 18.1 Å². The minimum Gasteiger partial charge on any atom is -0.339 e. The molecule has 1 aromatic carbocycles. The minimum atomic E-state index is -2.99. The molecule has 0 N–H and O–H groups in total. The molecule has 6 heteroatoms. The second-order valence-corrected chi connectivity index (χ2v) is 7.59. The van der Waals surface area contributed by atoms with Gasteiger partial charge in [0.15, 0.2) is 9.84 Å². The number of carbonyl (C=O) groups is 1. The zero-order chi connectivity index (χ0) is 15.5. The summed E-state index contributed by atoms with van der Waals surface area (Å²) in [6.07, 6.45) is 1.38. The van der Waals surface area contributed by atoms with E-state index >= 15 is 0 Å². The molecule has 1 atom stereocenters. The van der Waals surface area contributed by atoms with Gasteiger partial charge in [-0.1, -0.05) is 12.1 Å². The van der Waals surface area contributed by atoms with Crippen LogP contribution in [0.5, 0.6) is 0 Å². The van der Waals surface area contributed by atoms with Gasteiger partial charge in [0.2, 0.25) is 5.91 Å². The molecule has 1 aromatic rings. The highest BCUT2D eigenvalue weighted by Crippen LogP contribution is 2.19. The fourth-order valence-corrected chi connectivity index (χ4v) is 4.44. The summed E-state index contributed by atoms with van der Waals surface area (Å²) in [4.78, 5) is 13.9. The molecule has 0 saturated carbocycles. The van der Waals surface area contributed by atoms with Gasteiger partial charge in [-0.15, -0.1) is 0 Å². The Hall–Kier alpha value is -1.43. The highest BCUT2D eigenvalue weighted by atomic mass is 32.2. The number of nitrogens with zero attached hydrogens (tertiary/aromatic N) is 1. The molecule has 1 saturated heterocycles. The van der Waals surface area contributed by atoms with Crippen LogP contribution in [0.15, 0.2) is 24.3 Å². The molecule has 2 rings (SSSR count). The van der Waals surface area contributed by atoms with E-state index in [9.17, 15) is 17.6 Å². The fraction of sp³-hybridized carbons (Fsp3) is 0.533. The van der Waals surface area contributed by atoms with Gasteiger partial charge < -0.3 is 4.90 Å². The predicted molar refractivity (Wildman–Crippen MR) is 79.2 cm³/mol. The van der Waals surface area contributed by atoms with E-state index in [1.807, 2.05) is 6.92 Å². The lowest BCUT2D eigenvalue weighted by molar-refractivity contribution is -0.132. The standard InChI is InChI=1S/C15H20FNO3S/c1-2-17(14-9-10-21(19,20)11-14)15(18)8-5-12-3-6-13(16)7-4-12/h3-4,6-7,14H,2,5,8-11H2,1H3. The Balaban J connectivity index is 1.93. The summed E-state index contributed by atoms with van der Waals surface area (Å²) in [6, 6.07) is 5.89. The van der Waals surface area contributed by atoms with Gasteiger partial charge in [-0.3, -0.25) is 4.79 Å². The third-order valence-corrected chi connectivity index (χ3v) is 5.60. The third kappa shape index (κ3) is 4.27.